The van der Waals surface area contributed by atoms with Gasteiger partial charge in [-0.15, -0.1) is 0 Å². The highest BCUT2D eigenvalue weighted by Gasteiger charge is 2.22. The molecule has 0 spiro atoms. The molecule has 4 nitrogen and oxygen atoms in total. The maximum absolute atomic E-state index is 11.9. The number of likely N-dealkylation sites (N-methyl/N-ethyl adjacent to an activating group) is 1. The lowest BCUT2D eigenvalue weighted by atomic mass is 10.2. The van der Waals surface area contributed by atoms with Gasteiger partial charge >= 0.3 is 0 Å². The molecule has 5 heteroatoms. The summed E-state index contributed by atoms with van der Waals surface area (Å²) in [4.78, 5) is 13.6. The maximum atomic E-state index is 11.9. The van der Waals surface area contributed by atoms with Gasteiger partial charge in [0.15, 0.2) is 5.76 Å². The highest BCUT2D eigenvalue weighted by atomic mass is 32.1. The standard InChI is InChI=1S/C10H14N2O2S/c1-6-4-5-14-8(6)10(13)12(3)7(2)9(11)15/h4-5,7H,1-3H3,(H2,11,15). The van der Waals surface area contributed by atoms with Crippen LogP contribution in [0.4, 0.5) is 0 Å². The van der Waals surface area contributed by atoms with E-state index in [4.69, 9.17) is 22.4 Å². The molecule has 0 aliphatic rings. The number of carbonyl (C=O) groups is 1. The van der Waals surface area contributed by atoms with Gasteiger partial charge in [0, 0.05) is 12.6 Å². The second kappa shape index (κ2) is 4.44. The number of thiocarbonyl (C=S) groups is 1. The van der Waals surface area contributed by atoms with E-state index in [1.807, 2.05) is 6.92 Å². The lowest BCUT2D eigenvalue weighted by molar-refractivity contribution is 0.0746. The van der Waals surface area contributed by atoms with Crippen molar-refractivity contribution in [2.75, 3.05) is 7.05 Å². The minimum Gasteiger partial charge on any atom is -0.459 e. The van der Waals surface area contributed by atoms with E-state index in [1.54, 1.807) is 20.0 Å². The summed E-state index contributed by atoms with van der Waals surface area (Å²) in [6.45, 7) is 3.59. The van der Waals surface area contributed by atoms with Crippen LogP contribution >= 0.6 is 12.2 Å². The summed E-state index contributed by atoms with van der Waals surface area (Å²) >= 11 is 4.83. The molecule has 0 bridgehead atoms. The summed E-state index contributed by atoms with van der Waals surface area (Å²) in [5.41, 5.74) is 6.28. The summed E-state index contributed by atoms with van der Waals surface area (Å²) in [7, 11) is 1.65. The Hall–Kier alpha value is -1.36. The molecule has 1 heterocycles. The van der Waals surface area contributed by atoms with Gasteiger partial charge in [0.2, 0.25) is 0 Å². The molecule has 1 aromatic heterocycles. The van der Waals surface area contributed by atoms with E-state index >= 15 is 0 Å². The highest BCUT2D eigenvalue weighted by molar-refractivity contribution is 7.80. The molecule has 1 amide bonds. The quantitative estimate of drug-likeness (QED) is 0.790. The highest BCUT2D eigenvalue weighted by Crippen LogP contribution is 2.12. The number of rotatable bonds is 3. The van der Waals surface area contributed by atoms with Gasteiger partial charge in [-0.2, -0.15) is 0 Å². The van der Waals surface area contributed by atoms with Gasteiger partial charge in [0.25, 0.3) is 5.91 Å². The minimum atomic E-state index is -0.281. The Morgan fingerprint density at radius 1 is 1.67 bits per heavy atom. The Bertz CT molecular complexity index is 387. The first kappa shape index (κ1) is 11.7. The predicted octanol–water partition coefficient (Wildman–Crippen LogP) is 1.33. The average Bonchev–Trinajstić information content (AvgIpc) is 2.60. The smallest absolute Gasteiger partial charge is 0.290 e. The van der Waals surface area contributed by atoms with E-state index in [0.717, 1.165) is 5.56 Å². The van der Waals surface area contributed by atoms with Crippen LogP contribution in [0.2, 0.25) is 0 Å². The number of hydrogen-bond acceptors (Lipinski definition) is 3. The zero-order valence-electron chi connectivity index (χ0n) is 8.98. The number of nitrogens with two attached hydrogens (primary N) is 1. The topological polar surface area (TPSA) is 59.5 Å². The van der Waals surface area contributed by atoms with Crippen LogP contribution in [0.5, 0.6) is 0 Å². The summed E-state index contributed by atoms with van der Waals surface area (Å²) in [6, 6.07) is 1.46. The van der Waals surface area contributed by atoms with E-state index in [1.165, 1.54) is 11.2 Å². The second-order valence-electron chi connectivity index (χ2n) is 3.43. The fourth-order valence-electron chi connectivity index (χ4n) is 1.12. The van der Waals surface area contributed by atoms with Crippen molar-refractivity contribution in [3.8, 4) is 0 Å². The van der Waals surface area contributed by atoms with Gasteiger partial charge in [-0.3, -0.25) is 4.79 Å². The zero-order chi connectivity index (χ0) is 11.6. The van der Waals surface area contributed by atoms with Gasteiger partial charge in [0.05, 0.1) is 17.3 Å². The first-order valence-corrected chi connectivity index (χ1v) is 4.96. The van der Waals surface area contributed by atoms with Crippen LogP contribution in [0.25, 0.3) is 0 Å². The lowest BCUT2D eigenvalue weighted by Gasteiger charge is -2.23. The zero-order valence-corrected chi connectivity index (χ0v) is 9.80. The summed E-state index contributed by atoms with van der Waals surface area (Å²) < 4.78 is 5.10. The number of hydrogen-bond donors (Lipinski definition) is 1. The summed E-state index contributed by atoms with van der Waals surface area (Å²) in [6.07, 6.45) is 1.49. The van der Waals surface area contributed by atoms with Crippen LogP contribution in [0.3, 0.4) is 0 Å². The maximum Gasteiger partial charge on any atom is 0.290 e. The van der Waals surface area contributed by atoms with E-state index in [9.17, 15) is 4.79 Å². The Morgan fingerprint density at radius 3 is 2.67 bits per heavy atom. The van der Waals surface area contributed by atoms with Crippen molar-refractivity contribution < 1.29 is 9.21 Å². The molecule has 15 heavy (non-hydrogen) atoms. The first-order valence-electron chi connectivity index (χ1n) is 4.55. The van der Waals surface area contributed by atoms with Crippen molar-refractivity contribution in [2.24, 2.45) is 5.73 Å². The molecule has 0 saturated carbocycles. The monoisotopic (exact) mass is 226 g/mol. The van der Waals surface area contributed by atoms with Gasteiger partial charge in [0.1, 0.15) is 0 Å². The third kappa shape index (κ3) is 2.36. The molecule has 1 aromatic rings. The van der Waals surface area contributed by atoms with Gasteiger partial charge in [-0.05, 0) is 19.9 Å². The summed E-state index contributed by atoms with van der Waals surface area (Å²) in [5, 5.41) is 0. The van der Waals surface area contributed by atoms with Crippen molar-refractivity contribution in [2.45, 2.75) is 19.9 Å². The van der Waals surface area contributed by atoms with Crippen LogP contribution in [-0.4, -0.2) is 28.9 Å². The Labute approximate surface area is 94.0 Å². The molecule has 0 aliphatic heterocycles. The Balaban J connectivity index is 2.86. The van der Waals surface area contributed by atoms with Crippen molar-refractivity contribution >= 4 is 23.1 Å². The second-order valence-corrected chi connectivity index (χ2v) is 3.90. The van der Waals surface area contributed by atoms with Crippen molar-refractivity contribution in [1.82, 2.24) is 4.90 Å². The molecule has 1 rings (SSSR count). The van der Waals surface area contributed by atoms with Crippen LogP contribution < -0.4 is 5.73 Å². The van der Waals surface area contributed by atoms with E-state index in [2.05, 4.69) is 0 Å². The molecule has 1 atom stereocenters. The van der Waals surface area contributed by atoms with Crippen LogP contribution in [0, 0.1) is 6.92 Å². The van der Waals surface area contributed by atoms with Crippen LogP contribution in [0.15, 0.2) is 16.7 Å². The molecule has 0 radical (unpaired) electrons. The van der Waals surface area contributed by atoms with Crippen LogP contribution in [-0.2, 0) is 0 Å². The SMILES string of the molecule is Cc1ccoc1C(=O)N(C)C(C)C(N)=S. The fourth-order valence-corrected chi connectivity index (χ4v) is 1.28. The van der Waals surface area contributed by atoms with E-state index in [-0.39, 0.29) is 16.9 Å². The predicted molar refractivity (Wildman–Crippen MR) is 61.8 cm³/mol. The molecule has 0 aliphatic carbocycles. The van der Waals surface area contributed by atoms with Crippen molar-refractivity contribution in [1.29, 1.82) is 0 Å². The van der Waals surface area contributed by atoms with E-state index in [0.29, 0.717) is 5.76 Å². The minimum absolute atomic E-state index is 0.210. The average molecular weight is 226 g/mol. The van der Waals surface area contributed by atoms with E-state index < -0.39 is 0 Å². The number of carbonyl (C=O) groups excluding carboxylic acids is 1. The molecule has 0 saturated heterocycles. The third-order valence-electron chi connectivity index (χ3n) is 2.37. The third-order valence-corrected chi connectivity index (χ3v) is 2.71. The molecule has 0 fully saturated rings. The van der Waals surface area contributed by atoms with Gasteiger partial charge in [-0.25, -0.2) is 0 Å². The normalized spacial score (nSPS) is 12.2. The number of furan rings is 1. The number of aryl methyl sites for hydroxylation is 1. The Kier molecular flexibility index (Phi) is 3.47. The van der Waals surface area contributed by atoms with Gasteiger partial charge < -0.3 is 15.1 Å². The fraction of sp³-hybridized carbons (Fsp3) is 0.400. The first-order chi connectivity index (χ1) is 6.95. The van der Waals surface area contributed by atoms with Crippen LogP contribution in [0.1, 0.15) is 23.0 Å². The molecule has 1 unspecified atom stereocenters. The lowest BCUT2D eigenvalue weighted by Crippen LogP contribution is -2.42. The van der Waals surface area contributed by atoms with Crippen molar-refractivity contribution in [3.05, 3.63) is 23.7 Å². The molecular weight excluding hydrogens is 212 g/mol. The molecule has 82 valence electrons. The number of amides is 1. The molecular formula is C10H14N2O2S. The molecule has 0 aromatic carbocycles. The van der Waals surface area contributed by atoms with Gasteiger partial charge in [-0.1, -0.05) is 12.2 Å². The Morgan fingerprint density at radius 2 is 2.27 bits per heavy atom. The number of nitrogens with zero attached hydrogens (tertiary/aromatic N) is 1. The molecule has 2 N–H and O–H groups in total. The van der Waals surface area contributed by atoms with Crippen molar-refractivity contribution in [3.63, 3.8) is 0 Å². The summed E-state index contributed by atoms with van der Waals surface area (Å²) in [5.74, 6) is 0.124. The largest absolute Gasteiger partial charge is 0.459 e.